The summed E-state index contributed by atoms with van der Waals surface area (Å²) in [6.45, 7) is 5.82. The molecule has 0 aliphatic rings. The molecule has 25 heavy (non-hydrogen) atoms. The summed E-state index contributed by atoms with van der Waals surface area (Å²) in [4.78, 5) is 14.2. The number of thioether (sulfide) groups is 1. The normalized spacial score (nSPS) is 11.0. The van der Waals surface area contributed by atoms with E-state index in [2.05, 4.69) is 24.1 Å². The molecular weight excluding hydrogens is 352 g/mol. The Morgan fingerprint density at radius 1 is 1.12 bits per heavy atom. The zero-order valence-electron chi connectivity index (χ0n) is 14.2. The SMILES string of the molecule is CCN(CC)C(=S)SCC(=O)Nc1ccc2c(c1)oc1ccccc12. The molecule has 0 unspecified atom stereocenters. The molecule has 0 radical (unpaired) electrons. The molecule has 3 rings (SSSR count). The maximum absolute atomic E-state index is 12.2. The number of rotatable bonds is 5. The van der Waals surface area contributed by atoms with Crippen molar-refractivity contribution in [3.8, 4) is 0 Å². The Kier molecular flexibility index (Phi) is 5.60. The molecular formula is C19H20N2O2S2. The molecule has 0 atom stereocenters. The van der Waals surface area contributed by atoms with Gasteiger partial charge in [0.2, 0.25) is 5.91 Å². The van der Waals surface area contributed by atoms with E-state index in [-0.39, 0.29) is 5.91 Å². The molecule has 0 fully saturated rings. The van der Waals surface area contributed by atoms with Crippen molar-refractivity contribution in [3.05, 3.63) is 42.5 Å². The van der Waals surface area contributed by atoms with Crippen LogP contribution in [0.15, 0.2) is 46.9 Å². The van der Waals surface area contributed by atoms with Crippen molar-refractivity contribution in [1.82, 2.24) is 4.90 Å². The third-order valence-electron chi connectivity index (χ3n) is 4.01. The van der Waals surface area contributed by atoms with E-state index in [1.54, 1.807) is 0 Å². The molecule has 130 valence electrons. The number of furan rings is 1. The van der Waals surface area contributed by atoms with Crippen LogP contribution in [-0.2, 0) is 4.79 Å². The second-order valence-electron chi connectivity index (χ2n) is 5.58. The van der Waals surface area contributed by atoms with Crippen molar-refractivity contribution in [2.45, 2.75) is 13.8 Å². The number of nitrogens with zero attached hydrogens (tertiary/aromatic N) is 1. The van der Waals surface area contributed by atoms with Gasteiger partial charge in [-0.3, -0.25) is 4.79 Å². The molecule has 1 N–H and O–H groups in total. The standard InChI is InChI=1S/C19H20N2O2S2/c1-3-21(4-2)19(24)25-12-18(22)20-13-9-10-15-14-7-5-6-8-16(14)23-17(15)11-13/h5-11H,3-4,12H2,1-2H3,(H,20,22). The predicted octanol–water partition coefficient (Wildman–Crippen LogP) is 4.88. The summed E-state index contributed by atoms with van der Waals surface area (Å²) in [5.74, 6) is 0.225. The third-order valence-corrected chi connectivity index (χ3v) is 5.53. The first kappa shape index (κ1) is 17.8. The van der Waals surface area contributed by atoms with Gasteiger partial charge in [0.1, 0.15) is 15.5 Å². The van der Waals surface area contributed by atoms with Crippen LogP contribution in [0.4, 0.5) is 5.69 Å². The lowest BCUT2D eigenvalue weighted by atomic mass is 10.1. The highest BCUT2D eigenvalue weighted by atomic mass is 32.2. The van der Waals surface area contributed by atoms with Crippen LogP contribution in [0.2, 0.25) is 0 Å². The van der Waals surface area contributed by atoms with Gasteiger partial charge in [0.25, 0.3) is 0 Å². The van der Waals surface area contributed by atoms with Gasteiger partial charge >= 0.3 is 0 Å². The summed E-state index contributed by atoms with van der Waals surface area (Å²) in [6, 6.07) is 13.6. The Morgan fingerprint density at radius 3 is 2.60 bits per heavy atom. The van der Waals surface area contributed by atoms with Crippen molar-refractivity contribution in [1.29, 1.82) is 0 Å². The molecule has 0 saturated carbocycles. The molecule has 2 aromatic carbocycles. The Bertz CT molecular complexity index is 916. The maximum Gasteiger partial charge on any atom is 0.234 e. The van der Waals surface area contributed by atoms with Crippen molar-refractivity contribution >= 4 is 61.8 Å². The monoisotopic (exact) mass is 372 g/mol. The van der Waals surface area contributed by atoms with E-state index in [4.69, 9.17) is 16.6 Å². The van der Waals surface area contributed by atoms with Crippen molar-refractivity contribution in [3.63, 3.8) is 0 Å². The van der Waals surface area contributed by atoms with Crippen LogP contribution < -0.4 is 5.32 Å². The summed E-state index contributed by atoms with van der Waals surface area (Å²) >= 11 is 6.74. The molecule has 0 aliphatic heterocycles. The maximum atomic E-state index is 12.2. The summed E-state index contributed by atoms with van der Waals surface area (Å²) in [5.41, 5.74) is 2.34. The van der Waals surface area contributed by atoms with Crippen LogP contribution in [0.1, 0.15) is 13.8 Å². The number of anilines is 1. The van der Waals surface area contributed by atoms with Crippen molar-refractivity contribution in [2.24, 2.45) is 0 Å². The van der Waals surface area contributed by atoms with Crippen LogP contribution in [0.25, 0.3) is 21.9 Å². The largest absolute Gasteiger partial charge is 0.456 e. The minimum absolute atomic E-state index is 0.0741. The first-order valence-electron chi connectivity index (χ1n) is 8.25. The van der Waals surface area contributed by atoms with E-state index in [0.29, 0.717) is 5.75 Å². The predicted molar refractivity (Wildman–Crippen MR) is 110 cm³/mol. The fourth-order valence-corrected chi connectivity index (χ4v) is 3.90. The average molecular weight is 373 g/mol. The second kappa shape index (κ2) is 7.89. The second-order valence-corrected chi connectivity index (χ2v) is 7.19. The first-order valence-corrected chi connectivity index (χ1v) is 9.64. The number of benzene rings is 2. The highest BCUT2D eigenvalue weighted by molar-refractivity contribution is 8.23. The van der Waals surface area contributed by atoms with E-state index >= 15 is 0 Å². The van der Waals surface area contributed by atoms with E-state index in [0.717, 1.165) is 45.0 Å². The van der Waals surface area contributed by atoms with E-state index in [1.165, 1.54) is 11.8 Å². The van der Waals surface area contributed by atoms with Gasteiger partial charge in [0.15, 0.2) is 0 Å². The zero-order chi connectivity index (χ0) is 17.8. The summed E-state index contributed by atoms with van der Waals surface area (Å²) < 4.78 is 6.61. The van der Waals surface area contributed by atoms with Crippen molar-refractivity contribution < 1.29 is 9.21 Å². The Morgan fingerprint density at radius 2 is 1.84 bits per heavy atom. The van der Waals surface area contributed by atoms with Gasteiger partial charge in [0.05, 0.1) is 5.75 Å². The molecule has 0 bridgehead atoms. The third kappa shape index (κ3) is 3.96. The molecule has 0 aliphatic carbocycles. The Balaban J connectivity index is 1.67. The van der Waals surface area contributed by atoms with Crippen LogP contribution in [0.3, 0.4) is 0 Å². The Labute approximate surface area is 156 Å². The van der Waals surface area contributed by atoms with Gasteiger partial charge in [0, 0.05) is 35.6 Å². The van der Waals surface area contributed by atoms with Crippen LogP contribution in [0, 0.1) is 0 Å². The molecule has 1 aromatic heterocycles. The summed E-state index contributed by atoms with van der Waals surface area (Å²) in [6.07, 6.45) is 0. The number of hydrogen-bond acceptors (Lipinski definition) is 4. The molecule has 0 saturated heterocycles. The lowest BCUT2D eigenvalue weighted by molar-refractivity contribution is -0.113. The fourth-order valence-electron chi connectivity index (χ4n) is 2.70. The van der Waals surface area contributed by atoms with Crippen molar-refractivity contribution in [2.75, 3.05) is 24.2 Å². The van der Waals surface area contributed by atoms with Crippen LogP contribution in [-0.4, -0.2) is 34.0 Å². The topological polar surface area (TPSA) is 45.5 Å². The summed E-state index contributed by atoms with van der Waals surface area (Å²) in [7, 11) is 0. The summed E-state index contributed by atoms with van der Waals surface area (Å²) in [5, 5.41) is 5.04. The Hall–Kier alpha value is -2.05. The molecule has 1 amide bonds. The molecule has 1 heterocycles. The van der Waals surface area contributed by atoms with Gasteiger partial charge in [-0.25, -0.2) is 0 Å². The minimum atomic E-state index is -0.0741. The highest BCUT2D eigenvalue weighted by Crippen LogP contribution is 2.30. The van der Waals surface area contributed by atoms with Crippen LogP contribution in [0.5, 0.6) is 0 Å². The van der Waals surface area contributed by atoms with Gasteiger partial charge in [-0.15, -0.1) is 0 Å². The molecule has 3 aromatic rings. The minimum Gasteiger partial charge on any atom is -0.456 e. The molecule has 0 spiro atoms. The van der Waals surface area contributed by atoms with E-state index in [1.807, 2.05) is 42.5 Å². The fraction of sp³-hybridized carbons (Fsp3) is 0.263. The molecule has 6 heteroatoms. The van der Waals surface area contributed by atoms with Gasteiger partial charge in [-0.1, -0.05) is 42.2 Å². The smallest absolute Gasteiger partial charge is 0.234 e. The first-order chi connectivity index (χ1) is 12.1. The highest BCUT2D eigenvalue weighted by Gasteiger charge is 2.11. The number of carbonyl (C=O) groups is 1. The average Bonchev–Trinajstić information content (AvgIpc) is 2.98. The number of amides is 1. The van der Waals surface area contributed by atoms with Gasteiger partial charge in [-0.2, -0.15) is 0 Å². The number of para-hydroxylation sites is 1. The zero-order valence-corrected chi connectivity index (χ0v) is 15.9. The van der Waals surface area contributed by atoms with Crippen LogP contribution >= 0.6 is 24.0 Å². The lowest BCUT2D eigenvalue weighted by Crippen LogP contribution is -2.28. The lowest BCUT2D eigenvalue weighted by Gasteiger charge is -2.20. The van der Waals surface area contributed by atoms with E-state index in [9.17, 15) is 4.79 Å². The number of hydrogen-bond donors (Lipinski definition) is 1. The molecule has 4 nitrogen and oxygen atoms in total. The van der Waals surface area contributed by atoms with Gasteiger partial charge in [-0.05, 0) is 32.0 Å². The number of carbonyl (C=O) groups excluding carboxylic acids is 1. The number of thiocarbonyl (C=S) groups is 1. The van der Waals surface area contributed by atoms with Gasteiger partial charge < -0.3 is 14.6 Å². The quantitative estimate of drug-likeness (QED) is 0.647. The number of fused-ring (bicyclic) bond motifs is 3. The number of nitrogens with one attached hydrogen (secondary N) is 1. The van der Waals surface area contributed by atoms with E-state index < -0.39 is 0 Å².